The van der Waals surface area contributed by atoms with E-state index in [2.05, 4.69) is 26.2 Å². The largest absolute Gasteiger partial charge is 0.410 e. The van der Waals surface area contributed by atoms with Crippen molar-refractivity contribution in [2.45, 2.75) is 11.0 Å². The molecule has 0 aliphatic rings. The molecule has 3 rings (SSSR count). The van der Waals surface area contributed by atoms with Gasteiger partial charge in [0.05, 0.1) is 17.8 Å². The van der Waals surface area contributed by atoms with Gasteiger partial charge in [-0.2, -0.15) is 5.26 Å². The molecule has 7 heteroatoms. The lowest BCUT2D eigenvalue weighted by molar-refractivity contribution is 0.464. The van der Waals surface area contributed by atoms with Crippen LogP contribution in [0.2, 0.25) is 0 Å². The number of thioether (sulfide) groups is 1. The van der Waals surface area contributed by atoms with Gasteiger partial charge in [-0.05, 0) is 11.6 Å². The van der Waals surface area contributed by atoms with E-state index >= 15 is 0 Å². The van der Waals surface area contributed by atoms with Gasteiger partial charge >= 0.3 is 0 Å². The SMILES string of the molecule is N#Cc1ccccc1CSc1nnc(-c2cnccn2)o1. The Morgan fingerprint density at radius 2 is 2.10 bits per heavy atom. The smallest absolute Gasteiger partial charge is 0.277 e. The number of rotatable bonds is 4. The van der Waals surface area contributed by atoms with E-state index in [4.69, 9.17) is 9.68 Å². The van der Waals surface area contributed by atoms with Crippen LogP contribution in [-0.2, 0) is 5.75 Å². The Kier molecular flexibility index (Phi) is 3.89. The Morgan fingerprint density at radius 1 is 1.19 bits per heavy atom. The Morgan fingerprint density at radius 3 is 2.90 bits per heavy atom. The maximum Gasteiger partial charge on any atom is 0.277 e. The zero-order valence-corrected chi connectivity index (χ0v) is 11.6. The fourth-order valence-electron chi connectivity index (χ4n) is 1.68. The molecule has 0 amide bonds. The highest BCUT2D eigenvalue weighted by atomic mass is 32.2. The Bertz CT molecular complexity index is 781. The van der Waals surface area contributed by atoms with Crippen molar-refractivity contribution in [2.75, 3.05) is 0 Å². The van der Waals surface area contributed by atoms with Gasteiger partial charge in [-0.25, -0.2) is 4.98 Å². The molecule has 21 heavy (non-hydrogen) atoms. The van der Waals surface area contributed by atoms with E-state index in [1.54, 1.807) is 24.7 Å². The summed E-state index contributed by atoms with van der Waals surface area (Å²) in [7, 11) is 0. The van der Waals surface area contributed by atoms with Gasteiger partial charge in [0.2, 0.25) is 0 Å². The van der Waals surface area contributed by atoms with Crippen molar-refractivity contribution in [3.63, 3.8) is 0 Å². The summed E-state index contributed by atoms with van der Waals surface area (Å²) in [5.41, 5.74) is 2.12. The van der Waals surface area contributed by atoms with Gasteiger partial charge in [-0.15, -0.1) is 10.2 Å². The standard InChI is InChI=1S/C14H9N5OS/c15-7-10-3-1-2-4-11(10)9-21-14-19-18-13(20-14)12-8-16-5-6-17-12/h1-6,8H,9H2. The van der Waals surface area contributed by atoms with Crippen LogP contribution in [0.5, 0.6) is 0 Å². The molecule has 0 fully saturated rings. The third kappa shape index (κ3) is 3.07. The maximum absolute atomic E-state index is 9.04. The van der Waals surface area contributed by atoms with Crippen LogP contribution in [0.4, 0.5) is 0 Å². The lowest BCUT2D eigenvalue weighted by atomic mass is 10.1. The molecular weight excluding hydrogens is 286 g/mol. The molecule has 102 valence electrons. The first kappa shape index (κ1) is 13.3. The third-order valence-electron chi connectivity index (χ3n) is 2.68. The lowest BCUT2D eigenvalue weighted by Crippen LogP contribution is -1.86. The highest BCUT2D eigenvalue weighted by Crippen LogP contribution is 2.25. The monoisotopic (exact) mass is 295 g/mol. The fourth-order valence-corrected chi connectivity index (χ4v) is 2.44. The van der Waals surface area contributed by atoms with E-state index in [1.165, 1.54) is 11.8 Å². The average Bonchev–Trinajstić information content (AvgIpc) is 3.03. The minimum atomic E-state index is 0.333. The summed E-state index contributed by atoms with van der Waals surface area (Å²) in [5, 5.41) is 17.4. The molecule has 0 unspecified atom stereocenters. The maximum atomic E-state index is 9.04. The summed E-state index contributed by atoms with van der Waals surface area (Å²) in [6, 6.07) is 9.60. The van der Waals surface area contributed by atoms with Crippen LogP contribution >= 0.6 is 11.8 Å². The number of hydrogen-bond donors (Lipinski definition) is 0. The van der Waals surface area contributed by atoms with Gasteiger partial charge in [0.25, 0.3) is 11.1 Å². The Labute approximate surface area is 124 Å². The van der Waals surface area contributed by atoms with Gasteiger partial charge in [0, 0.05) is 18.1 Å². The highest BCUT2D eigenvalue weighted by Gasteiger charge is 2.11. The van der Waals surface area contributed by atoms with Crippen molar-refractivity contribution in [2.24, 2.45) is 0 Å². The van der Waals surface area contributed by atoms with E-state index in [-0.39, 0.29) is 0 Å². The molecule has 6 nitrogen and oxygen atoms in total. The van der Waals surface area contributed by atoms with Gasteiger partial charge < -0.3 is 4.42 Å². The van der Waals surface area contributed by atoms with Crippen LogP contribution in [0.3, 0.4) is 0 Å². The van der Waals surface area contributed by atoms with Crippen LogP contribution in [0.1, 0.15) is 11.1 Å². The summed E-state index contributed by atoms with van der Waals surface area (Å²) in [4.78, 5) is 8.05. The molecule has 1 aromatic carbocycles. The van der Waals surface area contributed by atoms with Crippen LogP contribution in [0, 0.1) is 11.3 Å². The summed E-state index contributed by atoms with van der Waals surface area (Å²) >= 11 is 1.38. The van der Waals surface area contributed by atoms with Crippen LogP contribution in [-0.4, -0.2) is 20.2 Å². The summed E-state index contributed by atoms with van der Waals surface area (Å²) < 4.78 is 5.52. The molecule has 0 atom stereocenters. The van der Waals surface area contributed by atoms with Crippen molar-refractivity contribution < 1.29 is 4.42 Å². The molecule has 0 aliphatic heterocycles. The van der Waals surface area contributed by atoms with E-state index < -0.39 is 0 Å². The van der Waals surface area contributed by atoms with E-state index in [0.29, 0.717) is 28.1 Å². The predicted molar refractivity (Wildman–Crippen MR) is 76.0 cm³/mol. The van der Waals surface area contributed by atoms with E-state index in [9.17, 15) is 0 Å². The second-order valence-electron chi connectivity index (χ2n) is 4.02. The quantitative estimate of drug-likeness (QED) is 0.683. The first-order valence-electron chi connectivity index (χ1n) is 6.07. The van der Waals surface area contributed by atoms with Gasteiger partial charge in [-0.1, -0.05) is 30.0 Å². The number of hydrogen-bond acceptors (Lipinski definition) is 7. The fraction of sp³-hybridized carbons (Fsp3) is 0.0714. The van der Waals surface area contributed by atoms with Crippen molar-refractivity contribution in [1.29, 1.82) is 5.26 Å². The Balaban J connectivity index is 1.72. The second kappa shape index (κ2) is 6.15. The van der Waals surface area contributed by atoms with Crippen molar-refractivity contribution in [3.8, 4) is 17.7 Å². The molecule has 0 N–H and O–H groups in total. The normalized spacial score (nSPS) is 10.2. The number of aromatic nitrogens is 4. The minimum absolute atomic E-state index is 0.333. The summed E-state index contributed by atoms with van der Waals surface area (Å²) in [5.74, 6) is 0.922. The molecule has 2 heterocycles. The Hall–Kier alpha value is -2.72. The molecule has 0 saturated carbocycles. The summed E-state index contributed by atoms with van der Waals surface area (Å²) in [6.45, 7) is 0. The van der Waals surface area contributed by atoms with Gasteiger partial charge in [0.15, 0.2) is 0 Å². The molecule has 0 bridgehead atoms. The molecule has 0 spiro atoms. The molecule has 0 aliphatic carbocycles. The van der Waals surface area contributed by atoms with Gasteiger partial charge in [0.1, 0.15) is 5.69 Å². The van der Waals surface area contributed by atoms with Crippen LogP contribution in [0.15, 0.2) is 52.5 Å². The molecule has 0 saturated heterocycles. The summed E-state index contributed by atoms with van der Waals surface area (Å²) in [6.07, 6.45) is 4.71. The molecule has 2 aromatic heterocycles. The van der Waals surface area contributed by atoms with Crippen molar-refractivity contribution in [3.05, 3.63) is 54.0 Å². The second-order valence-corrected chi connectivity index (χ2v) is 4.95. The van der Waals surface area contributed by atoms with Crippen molar-refractivity contribution >= 4 is 11.8 Å². The number of benzene rings is 1. The third-order valence-corrected chi connectivity index (χ3v) is 3.54. The van der Waals surface area contributed by atoms with E-state index in [0.717, 1.165) is 5.56 Å². The van der Waals surface area contributed by atoms with Gasteiger partial charge in [-0.3, -0.25) is 4.98 Å². The zero-order chi connectivity index (χ0) is 14.5. The predicted octanol–water partition coefficient (Wildman–Crippen LogP) is 2.69. The molecule has 0 radical (unpaired) electrons. The lowest BCUT2D eigenvalue weighted by Gasteiger charge is -2.00. The van der Waals surface area contributed by atoms with E-state index in [1.807, 2.05) is 18.2 Å². The zero-order valence-electron chi connectivity index (χ0n) is 10.8. The number of nitrogens with zero attached hydrogens (tertiary/aromatic N) is 5. The first-order valence-corrected chi connectivity index (χ1v) is 7.06. The molecular formula is C14H9N5OS. The van der Waals surface area contributed by atoms with Crippen LogP contribution in [0.25, 0.3) is 11.6 Å². The molecule has 3 aromatic rings. The number of nitriles is 1. The minimum Gasteiger partial charge on any atom is -0.410 e. The van der Waals surface area contributed by atoms with Crippen LogP contribution < -0.4 is 0 Å². The highest BCUT2D eigenvalue weighted by molar-refractivity contribution is 7.98. The topological polar surface area (TPSA) is 88.5 Å². The van der Waals surface area contributed by atoms with Crippen molar-refractivity contribution in [1.82, 2.24) is 20.2 Å². The average molecular weight is 295 g/mol. The first-order chi connectivity index (χ1) is 10.4.